The van der Waals surface area contributed by atoms with Crippen LogP contribution in [-0.2, 0) is 14.3 Å². The number of carbonyl (C=O) groups is 2. The first kappa shape index (κ1) is 16.8. The van der Waals surface area contributed by atoms with Gasteiger partial charge in [0.1, 0.15) is 0 Å². The zero-order valence-corrected chi connectivity index (χ0v) is 12.2. The third-order valence-corrected chi connectivity index (χ3v) is 3.21. The van der Waals surface area contributed by atoms with Crippen molar-refractivity contribution in [3.8, 4) is 0 Å². The Balaban J connectivity index is 3.36. The van der Waals surface area contributed by atoms with Crippen molar-refractivity contribution < 1.29 is 14.3 Å². The Morgan fingerprint density at radius 2 is 1.59 bits per heavy atom. The van der Waals surface area contributed by atoms with E-state index in [1.807, 2.05) is 6.26 Å². The number of rotatable bonds is 10. The van der Waals surface area contributed by atoms with Gasteiger partial charge in [-0.1, -0.05) is 19.3 Å². The van der Waals surface area contributed by atoms with Gasteiger partial charge < -0.3 is 4.74 Å². The van der Waals surface area contributed by atoms with Gasteiger partial charge in [0.05, 0.1) is 6.42 Å². The summed E-state index contributed by atoms with van der Waals surface area (Å²) in [6.07, 6.45) is 7.81. The van der Waals surface area contributed by atoms with Gasteiger partial charge in [0.15, 0.2) is 0 Å². The summed E-state index contributed by atoms with van der Waals surface area (Å²) in [7, 11) is 0. The quantitative estimate of drug-likeness (QED) is 0.289. The summed E-state index contributed by atoms with van der Waals surface area (Å²) in [5.74, 6) is 0.840. The lowest BCUT2D eigenvalue weighted by Gasteiger charge is -2.02. The van der Waals surface area contributed by atoms with Crippen molar-refractivity contribution in [3.05, 3.63) is 0 Å². The van der Waals surface area contributed by atoms with Crippen LogP contribution in [0.25, 0.3) is 0 Å². The van der Waals surface area contributed by atoms with Gasteiger partial charge in [0.25, 0.3) is 0 Å². The molecule has 0 aliphatic heterocycles. The average Bonchev–Trinajstić information content (AvgIpc) is 2.31. The monoisotopic (exact) mass is 278 g/mol. The van der Waals surface area contributed by atoms with Crippen LogP contribution in [0.2, 0.25) is 0 Å². The zero-order chi connectivity index (χ0) is 12.9. The van der Waals surface area contributed by atoms with E-state index in [0.717, 1.165) is 37.9 Å². The van der Waals surface area contributed by atoms with E-state index >= 15 is 0 Å². The highest BCUT2D eigenvalue weighted by molar-refractivity contribution is 7.98. The minimum atomic E-state index is -0.403. The summed E-state index contributed by atoms with van der Waals surface area (Å²) in [4.78, 5) is 22.4. The van der Waals surface area contributed by atoms with E-state index in [9.17, 15) is 9.59 Å². The first-order valence-electron chi connectivity index (χ1n) is 6.04. The first-order valence-corrected chi connectivity index (χ1v) is 8.06. The fraction of sp³-hybridized carbons (Fsp3) is 0.833. The first-order chi connectivity index (χ1) is 8.20. The maximum Gasteiger partial charge on any atom is 0.314 e. The van der Waals surface area contributed by atoms with Crippen LogP contribution in [0.1, 0.15) is 44.9 Å². The Labute approximate surface area is 113 Å². The third kappa shape index (κ3) is 12.1. The second-order valence-corrected chi connectivity index (χ2v) is 5.26. The van der Waals surface area contributed by atoms with Crippen molar-refractivity contribution in [1.82, 2.24) is 0 Å². The van der Waals surface area contributed by atoms with E-state index in [1.165, 1.54) is 0 Å². The molecule has 0 aliphatic carbocycles. The van der Waals surface area contributed by atoms with E-state index in [0.29, 0.717) is 18.6 Å². The highest BCUT2D eigenvalue weighted by Gasteiger charge is 2.09. The summed E-state index contributed by atoms with van der Waals surface area (Å²) in [5.41, 5.74) is 0. The summed E-state index contributed by atoms with van der Waals surface area (Å²) < 4.78 is 4.68. The number of esters is 2. The molecule has 0 bridgehead atoms. The average molecular weight is 278 g/mol. The number of thiol groups is 1. The Hall–Kier alpha value is -0.160. The van der Waals surface area contributed by atoms with Crippen molar-refractivity contribution in [2.45, 2.75) is 44.9 Å². The molecule has 5 heteroatoms. The number of hydrogen-bond donors (Lipinski definition) is 1. The maximum atomic E-state index is 11.2. The molecule has 0 saturated carbocycles. The zero-order valence-electron chi connectivity index (χ0n) is 10.4. The Morgan fingerprint density at radius 3 is 2.24 bits per heavy atom. The van der Waals surface area contributed by atoms with Crippen LogP contribution in [0.5, 0.6) is 0 Å². The summed E-state index contributed by atoms with van der Waals surface area (Å²) in [5, 5.41) is 0. The molecule has 0 fully saturated rings. The third-order valence-electron chi connectivity index (χ3n) is 2.28. The molecule has 0 unspecified atom stereocenters. The van der Waals surface area contributed by atoms with Gasteiger partial charge in [-0.05, 0) is 24.9 Å². The molecule has 0 aliphatic rings. The number of carbonyl (C=O) groups excluding carboxylic acids is 2. The summed E-state index contributed by atoms with van der Waals surface area (Å²) in [6, 6.07) is 0. The van der Waals surface area contributed by atoms with Crippen LogP contribution in [-0.4, -0.2) is 29.7 Å². The molecule has 0 N–H and O–H groups in total. The molecular formula is C12H22O3S2. The predicted octanol–water partition coefficient (Wildman–Crippen LogP) is 3.08. The molecular weight excluding hydrogens is 256 g/mol. The van der Waals surface area contributed by atoms with Crippen molar-refractivity contribution in [1.29, 1.82) is 0 Å². The second-order valence-electron chi connectivity index (χ2n) is 3.83. The van der Waals surface area contributed by atoms with Crippen molar-refractivity contribution in [2.75, 3.05) is 17.8 Å². The van der Waals surface area contributed by atoms with Crippen molar-refractivity contribution >= 4 is 36.3 Å². The van der Waals surface area contributed by atoms with Gasteiger partial charge in [0, 0.05) is 12.2 Å². The standard InChI is InChI=1S/C12H22O3S2/c1-17-10-8-12(14)15-11(13)7-5-3-2-4-6-9-16/h16H,2-10H2,1H3. The molecule has 17 heavy (non-hydrogen) atoms. The highest BCUT2D eigenvalue weighted by atomic mass is 32.2. The van der Waals surface area contributed by atoms with E-state index in [1.54, 1.807) is 11.8 Å². The van der Waals surface area contributed by atoms with Crippen LogP contribution in [0.15, 0.2) is 0 Å². The number of ether oxygens (including phenoxy) is 1. The molecule has 0 amide bonds. The number of thioether (sulfide) groups is 1. The van der Waals surface area contributed by atoms with Gasteiger partial charge >= 0.3 is 11.9 Å². The molecule has 0 aromatic carbocycles. The van der Waals surface area contributed by atoms with Crippen LogP contribution in [0.4, 0.5) is 0 Å². The lowest BCUT2D eigenvalue weighted by atomic mass is 10.1. The molecule has 100 valence electrons. The van der Waals surface area contributed by atoms with Crippen molar-refractivity contribution in [3.63, 3.8) is 0 Å². The van der Waals surface area contributed by atoms with Gasteiger partial charge in [-0.3, -0.25) is 9.59 Å². The van der Waals surface area contributed by atoms with E-state index in [-0.39, 0.29) is 5.97 Å². The molecule has 0 atom stereocenters. The van der Waals surface area contributed by atoms with Gasteiger partial charge in [0.2, 0.25) is 0 Å². The molecule has 0 spiro atoms. The normalized spacial score (nSPS) is 10.2. The lowest BCUT2D eigenvalue weighted by molar-refractivity contribution is -0.159. The summed E-state index contributed by atoms with van der Waals surface area (Å²) >= 11 is 5.70. The van der Waals surface area contributed by atoms with Gasteiger partial charge in [-0.25, -0.2) is 0 Å². The fourth-order valence-electron chi connectivity index (χ4n) is 1.33. The molecule has 0 heterocycles. The smallest absolute Gasteiger partial charge is 0.314 e. The van der Waals surface area contributed by atoms with E-state index < -0.39 is 5.97 Å². The Morgan fingerprint density at radius 1 is 1.00 bits per heavy atom. The fourth-order valence-corrected chi connectivity index (χ4v) is 1.92. The molecule has 0 rings (SSSR count). The molecule has 3 nitrogen and oxygen atoms in total. The topological polar surface area (TPSA) is 43.4 Å². The number of unbranched alkanes of at least 4 members (excludes halogenated alkanes) is 4. The molecule has 0 aromatic rings. The van der Waals surface area contributed by atoms with Crippen LogP contribution in [0.3, 0.4) is 0 Å². The Kier molecular flexibility index (Phi) is 12.2. The van der Waals surface area contributed by atoms with Crippen molar-refractivity contribution in [2.24, 2.45) is 0 Å². The van der Waals surface area contributed by atoms with E-state index in [4.69, 9.17) is 0 Å². The van der Waals surface area contributed by atoms with E-state index in [2.05, 4.69) is 17.4 Å². The maximum absolute atomic E-state index is 11.2. The van der Waals surface area contributed by atoms with Crippen LogP contribution >= 0.6 is 24.4 Å². The SMILES string of the molecule is CSCCC(=O)OC(=O)CCCCCCCS. The van der Waals surface area contributed by atoms with Gasteiger partial charge in [-0.2, -0.15) is 24.4 Å². The molecule has 0 aromatic heterocycles. The number of hydrogen-bond acceptors (Lipinski definition) is 5. The predicted molar refractivity (Wildman–Crippen MR) is 75.7 cm³/mol. The lowest BCUT2D eigenvalue weighted by Crippen LogP contribution is -2.12. The second kappa shape index (κ2) is 12.3. The minimum absolute atomic E-state index is 0.314. The highest BCUT2D eigenvalue weighted by Crippen LogP contribution is 2.07. The van der Waals surface area contributed by atoms with Gasteiger partial charge in [-0.15, -0.1) is 0 Å². The minimum Gasteiger partial charge on any atom is -0.393 e. The molecule has 0 radical (unpaired) electrons. The van der Waals surface area contributed by atoms with Crippen LogP contribution in [0, 0.1) is 0 Å². The molecule has 0 saturated heterocycles. The van der Waals surface area contributed by atoms with Crippen LogP contribution < -0.4 is 0 Å². The summed E-state index contributed by atoms with van der Waals surface area (Å²) in [6.45, 7) is 0. The Bertz CT molecular complexity index is 220. The largest absolute Gasteiger partial charge is 0.393 e.